The van der Waals surface area contributed by atoms with Crippen LogP contribution < -0.4 is 4.74 Å². The number of aromatic nitrogens is 6. The molecule has 0 aliphatic heterocycles. The molecule has 7 heteroatoms. The summed E-state index contributed by atoms with van der Waals surface area (Å²) in [4.78, 5) is 17.6. The van der Waals surface area contributed by atoms with E-state index in [4.69, 9.17) is 4.74 Å². The molecule has 0 bridgehead atoms. The van der Waals surface area contributed by atoms with Gasteiger partial charge in [0.1, 0.15) is 18.0 Å². The highest BCUT2D eigenvalue weighted by atomic mass is 16.5. The molecule has 5 rings (SSSR count). The summed E-state index contributed by atoms with van der Waals surface area (Å²) in [6, 6.07) is 15.9. The predicted octanol–water partition coefficient (Wildman–Crippen LogP) is 4.07. The molecule has 0 saturated carbocycles. The van der Waals surface area contributed by atoms with Crippen LogP contribution in [0.1, 0.15) is 5.69 Å². The Hall–Kier alpha value is -4.13. The van der Waals surface area contributed by atoms with E-state index in [1.54, 1.807) is 29.5 Å². The van der Waals surface area contributed by atoms with E-state index in [9.17, 15) is 0 Å². The smallest absolute Gasteiger partial charge is 0.232 e. The first-order valence-electron chi connectivity index (χ1n) is 9.50. The van der Waals surface area contributed by atoms with Crippen molar-refractivity contribution in [1.29, 1.82) is 0 Å². The lowest BCUT2D eigenvalue weighted by Crippen LogP contribution is -2.01. The summed E-state index contributed by atoms with van der Waals surface area (Å²) in [6.07, 6.45) is 8.77. The third-order valence-electron chi connectivity index (χ3n) is 4.71. The van der Waals surface area contributed by atoms with Crippen molar-refractivity contribution in [3.05, 3.63) is 85.2 Å². The summed E-state index contributed by atoms with van der Waals surface area (Å²) >= 11 is 0. The first-order valence-corrected chi connectivity index (χ1v) is 9.50. The van der Waals surface area contributed by atoms with E-state index in [0.29, 0.717) is 18.2 Å². The average Bonchev–Trinajstić information content (AvgIpc) is 3.20. The summed E-state index contributed by atoms with van der Waals surface area (Å²) in [5.74, 6) is 0.440. The van der Waals surface area contributed by atoms with Crippen LogP contribution in [0.3, 0.4) is 0 Å². The third kappa shape index (κ3) is 3.60. The zero-order valence-corrected chi connectivity index (χ0v) is 16.3. The lowest BCUT2D eigenvalue weighted by Gasteiger charge is -2.06. The van der Waals surface area contributed by atoms with Gasteiger partial charge in [0.15, 0.2) is 0 Å². The zero-order chi connectivity index (χ0) is 20.3. The molecule has 0 radical (unpaired) electrons. The Labute approximate surface area is 173 Å². The van der Waals surface area contributed by atoms with Crippen LogP contribution in [0, 0.1) is 0 Å². The van der Waals surface area contributed by atoms with Gasteiger partial charge in [-0.15, -0.1) is 0 Å². The molecule has 0 aliphatic carbocycles. The lowest BCUT2D eigenvalue weighted by molar-refractivity contribution is 0.288. The Bertz CT molecular complexity index is 1300. The maximum absolute atomic E-state index is 5.78. The van der Waals surface area contributed by atoms with Crippen molar-refractivity contribution in [2.24, 2.45) is 7.05 Å². The summed E-state index contributed by atoms with van der Waals surface area (Å²) in [5, 5.41) is 5.65. The fraction of sp³-hybridized carbons (Fsp3) is 0.0870. The Morgan fingerprint density at radius 2 is 1.80 bits per heavy atom. The van der Waals surface area contributed by atoms with Gasteiger partial charge in [0, 0.05) is 36.6 Å². The van der Waals surface area contributed by atoms with E-state index >= 15 is 0 Å². The van der Waals surface area contributed by atoms with Crippen LogP contribution in [0.15, 0.2) is 79.5 Å². The number of fused-ring (bicyclic) bond motifs is 1. The van der Waals surface area contributed by atoms with Crippen LogP contribution in [-0.4, -0.2) is 29.7 Å². The minimum atomic E-state index is 0.324. The Morgan fingerprint density at radius 1 is 0.933 bits per heavy atom. The van der Waals surface area contributed by atoms with Crippen LogP contribution in [0.25, 0.3) is 33.4 Å². The van der Waals surface area contributed by atoms with Gasteiger partial charge < -0.3 is 4.74 Å². The SMILES string of the molecule is Cn1cc(-c2ccncc2)c(-c2cnc(OCc3ccc4ccccc4n3)cn2)n1. The number of ether oxygens (including phenoxy) is 1. The largest absolute Gasteiger partial charge is 0.470 e. The molecular weight excluding hydrogens is 376 g/mol. The van der Waals surface area contributed by atoms with Crippen molar-refractivity contribution in [2.45, 2.75) is 6.61 Å². The highest BCUT2D eigenvalue weighted by molar-refractivity contribution is 5.79. The van der Waals surface area contributed by atoms with E-state index in [2.05, 4.69) is 25.0 Å². The van der Waals surface area contributed by atoms with Gasteiger partial charge in [-0.1, -0.05) is 24.3 Å². The zero-order valence-electron chi connectivity index (χ0n) is 16.3. The number of para-hydroxylation sites is 1. The van der Waals surface area contributed by atoms with Crippen molar-refractivity contribution in [2.75, 3.05) is 0 Å². The lowest BCUT2D eigenvalue weighted by atomic mass is 10.1. The average molecular weight is 394 g/mol. The standard InChI is InChI=1S/C23H18N6O/c1-29-14-19(16-8-10-24-11-9-16)23(28-29)21-12-26-22(13-25-21)30-15-18-7-6-17-4-2-3-5-20(17)27-18/h2-14H,15H2,1H3. The van der Waals surface area contributed by atoms with E-state index < -0.39 is 0 Å². The first kappa shape index (κ1) is 17.9. The first-order chi connectivity index (χ1) is 14.8. The van der Waals surface area contributed by atoms with Crippen molar-refractivity contribution in [3.8, 4) is 28.4 Å². The summed E-state index contributed by atoms with van der Waals surface area (Å²) in [6.45, 7) is 0.324. The Morgan fingerprint density at radius 3 is 2.63 bits per heavy atom. The molecule has 146 valence electrons. The molecule has 0 saturated heterocycles. The van der Waals surface area contributed by atoms with Crippen LogP contribution in [-0.2, 0) is 13.7 Å². The molecule has 0 atom stereocenters. The fourth-order valence-electron chi connectivity index (χ4n) is 3.27. The number of nitrogens with zero attached hydrogens (tertiary/aromatic N) is 6. The van der Waals surface area contributed by atoms with Crippen LogP contribution in [0.2, 0.25) is 0 Å². The van der Waals surface area contributed by atoms with Gasteiger partial charge in [-0.3, -0.25) is 9.67 Å². The van der Waals surface area contributed by atoms with E-state index in [1.165, 1.54) is 0 Å². The number of rotatable bonds is 5. The molecule has 0 aliphatic rings. The topological polar surface area (TPSA) is 78.6 Å². The molecule has 0 amide bonds. The number of hydrogen-bond acceptors (Lipinski definition) is 6. The number of hydrogen-bond donors (Lipinski definition) is 0. The van der Waals surface area contributed by atoms with Crippen molar-refractivity contribution in [1.82, 2.24) is 29.7 Å². The normalized spacial score (nSPS) is 11.0. The van der Waals surface area contributed by atoms with E-state index in [1.807, 2.05) is 61.8 Å². The van der Waals surface area contributed by atoms with Gasteiger partial charge in [-0.05, 0) is 29.8 Å². The molecule has 0 unspecified atom stereocenters. The number of aryl methyl sites for hydroxylation is 1. The van der Waals surface area contributed by atoms with E-state index in [0.717, 1.165) is 33.4 Å². The second-order valence-corrected chi connectivity index (χ2v) is 6.82. The predicted molar refractivity (Wildman–Crippen MR) is 114 cm³/mol. The molecule has 0 fully saturated rings. The Kier molecular flexibility index (Phi) is 4.61. The number of pyridine rings is 2. The Balaban J connectivity index is 1.35. The van der Waals surface area contributed by atoms with Gasteiger partial charge in [0.2, 0.25) is 5.88 Å². The molecule has 1 aromatic carbocycles. The van der Waals surface area contributed by atoms with Crippen molar-refractivity contribution >= 4 is 10.9 Å². The summed E-state index contributed by atoms with van der Waals surface area (Å²) < 4.78 is 7.55. The minimum Gasteiger partial charge on any atom is -0.470 e. The van der Waals surface area contributed by atoms with Gasteiger partial charge in [-0.25, -0.2) is 15.0 Å². The number of benzene rings is 1. The fourth-order valence-corrected chi connectivity index (χ4v) is 3.27. The summed E-state index contributed by atoms with van der Waals surface area (Å²) in [7, 11) is 1.88. The van der Waals surface area contributed by atoms with Gasteiger partial charge in [0.05, 0.1) is 23.6 Å². The minimum absolute atomic E-state index is 0.324. The molecule has 0 spiro atoms. The second-order valence-electron chi connectivity index (χ2n) is 6.82. The van der Waals surface area contributed by atoms with Crippen molar-refractivity contribution < 1.29 is 4.74 Å². The van der Waals surface area contributed by atoms with Crippen LogP contribution in [0.4, 0.5) is 0 Å². The maximum atomic E-state index is 5.78. The molecule has 7 nitrogen and oxygen atoms in total. The van der Waals surface area contributed by atoms with E-state index in [-0.39, 0.29) is 0 Å². The molecule has 4 aromatic heterocycles. The van der Waals surface area contributed by atoms with Gasteiger partial charge in [-0.2, -0.15) is 5.10 Å². The second kappa shape index (κ2) is 7.71. The third-order valence-corrected chi connectivity index (χ3v) is 4.71. The highest BCUT2D eigenvalue weighted by Gasteiger charge is 2.14. The van der Waals surface area contributed by atoms with Crippen molar-refractivity contribution in [3.63, 3.8) is 0 Å². The van der Waals surface area contributed by atoms with Gasteiger partial charge in [0.25, 0.3) is 0 Å². The molecule has 0 N–H and O–H groups in total. The van der Waals surface area contributed by atoms with Gasteiger partial charge >= 0.3 is 0 Å². The van der Waals surface area contributed by atoms with Crippen LogP contribution >= 0.6 is 0 Å². The molecule has 30 heavy (non-hydrogen) atoms. The molecule has 5 aromatic rings. The summed E-state index contributed by atoms with van der Waals surface area (Å²) in [5.41, 5.74) is 5.22. The quantitative estimate of drug-likeness (QED) is 0.447. The monoisotopic (exact) mass is 394 g/mol. The van der Waals surface area contributed by atoms with Crippen LogP contribution in [0.5, 0.6) is 5.88 Å². The highest BCUT2D eigenvalue weighted by Crippen LogP contribution is 2.29. The maximum Gasteiger partial charge on any atom is 0.232 e. The molecule has 4 heterocycles. The molecular formula is C23H18N6O.